The second-order valence-corrected chi connectivity index (χ2v) is 9.50. The first-order valence-corrected chi connectivity index (χ1v) is 11.1. The molecule has 0 aliphatic heterocycles. The van der Waals surface area contributed by atoms with Crippen molar-refractivity contribution < 1.29 is 28.6 Å². The predicted molar refractivity (Wildman–Crippen MR) is 118 cm³/mol. The Morgan fingerprint density at radius 2 is 1.03 bits per heavy atom. The Hall–Kier alpha value is -1.85. The largest absolute Gasteiger partial charge is 0.462 e. The number of ether oxygens (including phenoxy) is 3. The van der Waals surface area contributed by atoms with Crippen LogP contribution in [0.3, 0.4) is 0 Å². The molecule has 0 amide bonds. The zero-order chi connectivity index (χ0) is 23.4. The van der Waals surface area contributed by atoms with Crippen LogP contribution in [0.5, 0.6) is 0 Å². The van der Waals surface area contributed by atoms with Crippen LogP contribution in [-0.2, 0) is 28.6 Å². The predicted octanol–water partition coefficient (Wildman–Crippen LogP) is 5.24. The molecule has 0 bridgehead atoms. The van der Waals surface area contributed by atoms with Crippen molar-refractivity contribution in [2.24, 2.45) is 17.8 Å². The van der Waals surface area contributed by atoms with E-state index in [-0.39, 0.29) is 30.3 Å². The molecule has 0 aromatic heterocycles. The minimum Gasteiger partial charge on any atom is -0.462 e. The molecular formula is C24H42O6. The van der Waals surface area contributed by atoms with Crippen LogP contribution in [0.2, 0.25) is 0 Å². The van der Waals surface area contributed by atoms with Crippen molar-refractivity contribution in [1.29, 1.82) is 0 Å². The van der Waals surface area contributed by atoms with Gasteiger partial charge >= 0.3 is 17.9 Å². The van der Waals surface area contributed by atoms with Crippen LogP contribution in [0.25, 0.3) is 0 Å². The van der Waals surface area contributed by atoms with Gasteiger partial charge < -0.3 is 14.2 Å². The number of carbonyl (C=O) groups is 3. The second kappa shape index (κ2) is 14.2. The Morgan fingerprint density at radius 3 is 1.47 bits per heavy atom. The molecule has 0 aromatic carbocycles. The summed E-state index contributed by atoms with van der Waals surface area (Å²) in [5, 5.41) is 0. The molecule has 0 aromatic rings. The fourth-order valence-electron chi connectivity index (χ4n) is 3.37. The molecule has 3 atom stereocenters. The van der Waals surface area contributed by atoms with Crippen LogP contribution >= 0.6 is 0 Å². The first-order valence-electron chi connectivity index (χ1n) is 11.1. The quantitative estimate of drug-likeness (QED) is 0.228. The highest BCUT2D eigenvalue weighted by Crippen LogP contribution is 2.16. The highest BCUT2D eigenvalue weighted by Gasteiger charge is 2.23. The smallest absolute Gasteiger partial charge is 0.335 e. The lowest BCUT2D eigenvalue weighted by atomic mass is 10.1. The third-order valence-electron chi connectivity index (χ3n) is 4.26. The van der Waals surface area contributed by atoms with Gasteiger partial charge in [-0.2, -0.15) is 0 Å². The number of esters is 3. The number of rotatable bonds is 13. The fraction of sp³-hybridized carbons (Fsp3) is 0.792. The summed E-state index contributed by atoms with van der Waals surface area (Å²) in [6, 6.07) is 0. The maximum absolute atomic E-state index is 12.6. The summed E-state index contributed by atoms with van der Waals surface area (Å²) in [7, 11) is 0. The van der Waals surface area contributed by atoms with Crippen LogP contribution in [0, 0.1) is 17.8 Å². The van der Waals surface area contributed by atoms with E-state index in [1.165, 1.54) is 0 Å². The molecule has 30 heavy (non-hydrogen) atoms. The van der Waals surface area contributed by atoms with Crippen molar-refractivity contribution in [1.82, 2.24) is 0 Å². The van der Waals surface area contributed by atoms with Gasteiger partial charge in [0.1, 0.15) is 0 Å². The van der Waals surface area contributed by atoms with E-state index in [0.29, 0.717) is 30.6 Å². The Balaban J connectivity index is 5.26. The topological polar surface area (TPSA) is 78.9 Å². The van der Waals surface area contributed by atoms with E-state index in [2.05, 4.69) is 0 Å². The number of carbonyl (C=O) groups excluding carboxylic acids is 3. The minimum atomic E-state index is -0.690. The summed E-state index contributed by atoms with van der Waals surface area (Å²) < 4.78 is 16.2. The summed E-state index contributed by atoms with van der Waals surface area (Å²) in [4.78, 5) is 37.3. The van der Waals surface area contributed by atoms with Crippen molar-refractivity contribution in [3.8, 4) is 0 Å². The Kier molecular flexibility index (Phi) is 13.3. The number of hydrogen-bond acceptors (Lipinski definition) is 6. The SMILES string of the molecule is CC(C)C[C@H](C)OC(=O)/C=C(/CC(=O)O[C@@H](C)CC(C)C)C(=O)O[C@@H](C)CC(C)C. The van der Waals surface area contributed by atoms with Crippen molar-refractivity contribution in [3.63, 3.8) is 0 Å². The van der Waals surface area contributed by atoms with Gasteiger partial charge in [0.05, 0.1) is 30.3 Å². The van der Waals surface area contributed by atoms with Crippen molar-refractivity contribution >= 4 is 17.9 Å². The standard InChI is InChI=1S/C24H42O6/c1-15(2)10-18(7)28-22(25)13-21(24(27)30-20(9)12-17(5)6)14-23(26)29-19(8)11-16(3)4/h13,15-20H,10-12,14H2,1-9H3/b21-13-/t18-,19-,20-/m0/s1. The first kappa shape index (κ1) is 28.1. The van der Waals surface area contributed by atoms with E-state index >= 15 is 0 Å². The van der Waals surface area contributed by atoms with Crippen LogP contribution in [-0.4, -0.2) is 36.2 Å². The normalized spacial score (nSPS) is 15.1. The van der Waals surface area contributed by atoms with Crippen molar-refractivity contribution in [2.45, 2.75) is 106 Å². The zero-order valence-electron chi connectivity index (χ0n) is 20.3. The fourth-order valence-corrected chi connectivity index (χ4v) is 3.37. The van der Waals surface area contributed by atoms with E-state index in [0.717, 1.165) is 12.5 Å². The first-order chi connectivity index (χ1) is 13.8. The lowest BCUT2D eigenvalue weighted by Gasteiger charge is -2.18. The van der Waals surface area contributed by atoms with Gasteiger partial charge in [-0.25, -0.2) is 9.59 Å². The van der Waals surface area contributed by atoms with Crippen molar-refractivity contribution in [3.05, 3.63) is 11.6 Å². The molecule has 6 nitrogen and oxygen atoms in total. The maximum atomic E-state index is 12.6. The van der Waals surface area contributed by atoms with Gasteiger partial charge in [0, 0.05) is 6.08 Å². The van der Waals surface area contributed by atoms with E-state index in [4.69, 9.17) is 14.2 Å². The average molecular weight is 427 g/mol. The molecule has 0 N–H and O–H groups in total. The summed E-state index contributed by atoms with van der Waals surface area (Å²) in [5.41, 5.74) is -0.0471. The molecule has 0 aliphatic rings. The Labute approximate surface area is 182 Å². The highest BCUT2D eigenvalue weighted by atomic mass is 16.6. The van der Waals surface area contributed by atoms with Gasteiger partial charge in [-0.05, 0) is 57.8 Å². The second-order valence-electron chi connectivity index (χ2n) is 9.50. The van der Waals surface area contributed by atoms with Gasteiger partial charge in [-0.15, -0.1) is 0 Å². The lowest BCUT2D eigenvalue weighted by molar-refractivity contribution is -0.152. The molecule has 6 heteroatoms. The average Bonchev–Trinajstić information content (AvgIpc) is 2.50. The molecule has 0 rings (SSSR count). The molecule has 0 aliphatic carbocycles. The summed E-state index contributed by atoms with van der Waals surface area (Å²) in [6.45, 7) is 17.6. The van der Waals surface area contributed by atoms with E-state index in [1.54, 1.807) is 13.8 Å². The van der Waals surface area contributed by atoms with Crippen LogP contribution < -0.4 is 0 Å². The molecule has 0 unspecified atom stereocenters. The summed E-state index contributed by atoms with van der Waals surface area (Å²) in [6.07, 6.45) is 1.96. The van der Waals surface area contributed by atoms with Gasteiger partial charge in [0.25, 0.3) is 0 Å². The van der Waals surface area contributed by atoms with Crippen molar-refractivity contribution in [2.75, 3.05) is 0 Å². The van der Waals surface area contributed by atoms with E-state index in [9.17, 15) is 14.4 Å². The van der Waals surface area contributed by atoms with Crippen LogP contribution in [0.1, 0.15) is 88.0 Å². The monoisotopic (exact) mass is 426 g/mol. The molecule has 0 saturated heterocycles. The maximum Gasteiger partial charge on any atom is 0.335 e. The number of hydrogen-bond donors (Lipinski definition) is 0. The van der Waals surface area contributed by atoms with Gasteiger partial charge in [0.2, 0.25) is 0 Å². The molecule has 0 fully saturated rings. The lowest BCUT2D eigenvalue weighted by Crippen LogP contribution is -2.23. The molecule has 0 radical (unpaired) electrons. The third-order valence-corrected chi connectivity index (χ3v) is 4.26. The van der Waals surface area contributed by atoms with E-state index in [1.807, 2.05) is 48.5 Å². The van der Waals surface area contributed by atoms with Gasteiger partial charge in [-0.1, -0.05) is 41.5 Å². The summed E-state index contributed by atoms with van der Waals surface area (Å²) >= 11 is 0. The Bertz CT molecular complexity index is 576. The van der Waals surface area contributed by atoms with Crippen LogP contribution in [0.4, 0.5) is 0 Å². The summed E-state index contributed by atoms with van der Waals surface area (Å²) in [5.74, 6) is -0.813. The van der Waals surface area contributed by atoms with Gasteiger partial charge in [0.15, 0.2) is 0 Å². The zero-order valence-corrected chi connectivity index (χ0v) is 20.3. The molecule has 174 valence electrons. The molecular weight excluding hydrogens is 384 g/mol. The van der Waals surface area contributed by atoms with E-state index < -0.39 is 17.9 Å². The third kappa shape index (κ3) is 14.2. The molecule has 0 spiro atoms. The highest BCUT2D eigenvalue weighted by molar-refractivity contribution is 5.99. The van der Waals surface area contributed by atoms with Gasteiger partial charge in [-0.3, -0.25) is 4.79 Å². The molecule has 0 saturated carbocycles. The molecule has 0 heterocycles. The minimum absolute atomic E-state index is 0.0471. The van der Waals surface area contributed by atoms with Crippen LogP contribution in [0.15, 0.2) is 11.6 Å². The Morgan fingerprint density at radius 1 is 0.633 bits per heavy atom.